The average molecular weight is 397 g/mol. The molecule has 146 valence electrons. The molecule has 0 radical (unpaired) electrons. The predicted octanol–water partition coefficient (Wildman–Crippen LogP) is 4.18. The van der Waals surface area contributed by atoms with Crippen LogP contribution in [0.15, 0.2) is 57.8 Å². The second-order valence-electron chi connectivity index (χ2n) is 7.12. The van der Waals surface area contributed by atoms with Crippen molar-refractivity contribution in [3.63, 3.8) is 0 Å². The van der Waals surface area contributed by atoms with Gasteiger partial charge < -0.3 is 9.73 Å². The van der Waals surface area contributed by atoms with Crippen LogP contribution in [0.4, 0.5) is 0 Å². The Labute approximate surface area is 167 Å². The molecule has 0 bridgehead atoms. The van der Waals surface area contributed by atoms with Gasteiger partial charge >= 0.3 is 0 Å². The summed E-state index contributed by atoms with van der Waals surface area (Å²) in [5.41, 5.74) is 2.45. The van der Waals surface area contributed by atoms with Gasteiger partial charge in [0.05, 0.1) is 4.90 Å². The van der Waals surface area contributed by atoms with E-state index in [-0.39, 0.29) is 5.91 Å². The van der Waals surface area contributed by atoms with Gasteiger partial charge in [-0.25, -0.2) is 8.51 Å². The Kier molecular flexibility index (Phi) is 5.59. The number of carbonyl (C=O) groups excluding carboxylic acids is 1. The lowest BCUT2D eigenvalue weighted by Gasteiger charge is -2.25. The van der Waals surface area contributed by atoms with Crippen LogP contribution < -0.4 is 5.32 Å². The monoisotopic (exact) mass is 396 g/mol. The number of rotatable bonds is 5. The Balaban J connectivity index is 1.54. The molecule has 2 heterocycles. The SMILES string of the molecule is Cc1c(C(=O)NCc2ccccc2)oc2ccc(S(=O)N3CCCCC3)cc12. The molecule has 4 rings (SSSR count). The second kappa shape index (κ2) is 8.29. The molecule has 28 heavy (non-hydrogen) atoms. The Hall–Kier alpha value is -2.44. The normalized spacial score (nSPS) is 16.2. The smallest absolute Gasteiger partial charge is 0.287 e. The summed E-state index contributed by atoms with van der Waals surface area (Å²) in [6.45, 7) is 4.04. The number of furan rings is 1. The van der Waals surface area contributed by atoms with Crippen molar-refractivity contribution in [1.82, 2.24) is 9.62 Å². The third kappa shape index (κ3) is 3.88. The largest absolute Gasteiger partial charge is 0.451 e. The number of hydrogen-bond acceptors (Lipinski definition) is 3. The fourth-order valence-electron chi connectivity index (χ4n) is 3.56. The number of hydrogen-bond donors (Lipinski definition) is 1. The van der Waals surface area contributed by atoms with Gasteiger partial charge in [-0.15, -0.1) is 0 Å². The molecule has 1 unspecified atom stereocenters. The van der Waals surface area contributed by atoms with Gasteiger partial charge in [0.1, 0.15) is 16.6 Å². The van der Waals surface area contributed by atoms with E-state index in [2.05, 4.69) is 5.32 Å². The van der Waals surface area contributed by atoms with Gasteiger partial charge in [0.2, 0.25) is 0 Å². The first kappa shape index (κ1) is 18.9. The lowest BCUT2D eigenvalue weighted by atomic mass is 10.1. The highest BCUT2D eigenvalue weighted by Gasteiger charge is 2.21. The van der Waals surface area contributed by atoms with E-state index in [9.17, 15) is 9.00 Å². The molecule has 1 amide bonds. The topological polar surface area (TPSA) is 62.6 Å². The van der Waals surface area contributed by atoms with Crippen molar-refractivity contribution in [3.05, 3.63) is 65.4 Å². The zero-order valence-electron chi connectivity index (χ0n) is 15.9. The van der Waals surface area contributed by atoms with Crippen LogP contribution in [0.1, 0.15) is 40.9 Å². The van der Waals surface area contributed by atoms with Crippen LogP contribution in [0.5, 0.6) is 0 Å². The molecule has 1 aliphatic heterocycles. The van der Waals surface area contributed by atoms with Gasteiger partial charge in [0, 0.05) is 30.6 Å². The molecule has 1 fully saturated rings. The number of nitrogens with one attached hydrogen (secondary N) is 1. The minimum Gasteiger partial charge on any atom is -0.451 e. The third-order valence-electron chi connectivity index (χ3n) is 5.16. The van der Waals surface area contributed by atoms with Gasteiger partial charge in [-0.2, -0.15) is 0 Å². The molecule has 0 spiro atoms. The maximum absolute atomic E-state index is 12.9. The van der Waals surface area contributed by atoms with E-state index in [0.29, 0.717) is 17.9 Å². The first-order valence-electron chi connectivity index (χ1n) is 9.65. The van der Waals surface area contributed by atoms with Crippen molar-refractivity contribution in [2.45, 2.75) is 37.6 Å². The molecular formula is C22H24N2O3S. The number of amides is 1. The summed E-state index contributed by atoms with van der Waals surface area (Å²) in [4.78, 5) is 13.4. The Morgan fingerprint density at radius 2 is 1.86 bits per heavy atom. The second-order valence-corrected chi connectivity index (χ2v) is 8.61. The van der Waals surface area contributed by atoms with E-state index in [1.165, 1.54) is 6.42 Å². The molecule has 1 aliphatic rings. The summed E-state index contributed by atoms with van der Waals surface area (Å²) < 4.78 is 20.7. The highest BCUT2D eigenvalue weighted by atomic mass is 32.2. The van der Waals surface area contributed by atoms with Crippen LogP contribution in [0.2, 0.25) is 0 Å². The lowest BCUT2D eigenvalue weighted by molar-refractivity contribution is 0.0924. The highest BCUT2D eigenvalue weighted by Crippen LogP contribution is 2.28. The fraction of sp³-hybridized carbons (Fsp3) is 0.318. The van der Waals surface area contributed by atoms with E-state index in [0.717, 1.165) is 47.3 Å². The van der Waals surface area contributed by atoms with Crippen LogP contribution in [0.25, 0.3) is 11.0 Å². The number of carbonyl (C=O) groups is 1. The minimum atomic E-state index is -1.17. The third-order valence-corrected chi connectivity index (χ3v) is 6.65. The van der Waals surface area contributed by atoms with Gasteiger partial charge in [0.25, 0.3) is 5.91 Å². The van der Waals surface area contributed by atoms with Crippen molar-refractivity contribution in [1.29, 1.82) is 0 Å². The van der Waals surface area contributed by atoms with Crippen molar-refractivity contribution in [3.8, 4) is 0 Å². The van der Waals surface area contributed by atoms with E-state index in [4.69, 9.17) is 4.42 Å². The molecule has 1 saturated heterocycles. The summed E-state index contributed by atoms with van der Waals surface area (Å²) >= 11 is 0. The zero-order valence-corrected chi connectivity index (χ0v) is 16.8. The average Bonchev–Trinajstić information content (AvgIpc) is 3.09. The molecule has 0 aliphatic carbocycles. The van der Waals surface area contributed by atoms with Crippen LogP contribution in [-0.4, -0.2) is 27.5 Å². The Morgan fingerprint density at radius 1 is 1.11 bits per heavy atom. The van der Waals surface area contributed by atoms with Crippen LogP contribution in [0.3, 0.4) is 0 Å². The summed E-state index contributed by atoms with van der Waals surface area (Å²) in [5.74, 6) is 0.0723. The van der Waals surface area contributed by atoms with Gasteiger partial charge in [-0.05, 0) is 43.5 Å². The molecule has 3 aromatic rings. The first-order chi connectivity index (χ1) is 13.6. The maximum atomic E-state index is 12.9. The number of fused-ring (bicyclic) bond motifs is 1. The van der Waals surface area contributed by atoms with Crippen LogP contribution in [-0.2, 0) is 17.5 Å². The van der Waals surface area contributed by atoms with E-state index in [1.807, 2.05) is 59.8 Å². The van der Waals surface area contributed by atoms with E-state index < -0.39 is 11.0 Å². The van der Waals surface area contributed by atoms with Crippen LogP contribution >= 0.6 is 0 Å². The lowest BCUT2D eigenvalue weighted by Crippen LogP contribution is -2.31. The molecular weight excluding hydrogens is 372 g/mol. The Morgan fingerprint density at radius 3 is 2.61 bits per heavy atom. The molecule has 1 N–H and O–H groups in total. The van der Waals surface area contributed by atoms with Gasteiger partial charge in [-0.1, -0.05) is 36.8 Å². The van der Waals surface area contributed by atoms with Gasteiger partial charge in [-0.3, -0.25) is 4.79 Å². The Bertz CT molecular complexity index is 1010. The van der Waals surface area contributed by atoms with E-state index >= 15 is 0 Å². The molecule has 0 saturated carbocycles. The number of aryl methyl sites for hydroxylation is 1. The van der Waals surface area contributed by atoms with Crippen molar-refractivity contribution in [2.24, 2.45) is 0 Å². The summed E-state index contributed by atoms with van der Waals surface area (Å²) in [5, 5.41) is 3.75. The number of benzene rings is 2. The minimum absolute atomic E-state index is 0.240. The highest BCUT2D eigenvalue weighted by molar-refractivity contribution is 7.82. The molecule has 2 aromatic carbocycles. The van der Waals surface area contributed by atoms with Gasteiger partial charge in [0.15, 0.2) is 5.76 Å². The first-order valence-corrected chi connectivity index (χ1v) is 10.8. The number of nitrogens with zero attached hydrogens (tertiary/aromatic N) is 1. The summed E-state index contributed by atoms with van der Waals surface area (Å²) in [6.07, 6.45) is 3.38. The predicted molar refractivity (Wildman–Crippen MR) is 110 cm³/mol. The summed E-state index contributed by atoms with van der Waals surface area (Å²) in [6, 6.07) is 15.3. The van der Waals surface area contributed by atoms with Crippen molar-refractivity contribution < 1.29 is 13.4 Å². The fourth-order valence-corrected chi connectivity index (χ4v) is 4.85. The molecule has 1 atom stereocenters. The van der Waals surface area contributed by atoms with Crippen LogP contribution in [0, 0.1) is 6.92 Å². The quantitative estimate of drug-likeness (QED) is 0.704. The summed E-state index contributed by atoms with van der Waals surface area (Å²) in [7, 11) is -1.17. The maximum Gasteiger partial charge on any atom is 0.287 e. The molecule has 5 nitrogen and oxygen atoms in total. The van der Waals surface area contributed by atoms with Crippen molar-refractivity contribution in [2.75, 3.05) is 13.1 Å². The van der Waals surface area contributed by atoms with E-state index in [1.54, 1.807) is 0 Å². The number of piperidine rings is 1. The standard InChI is InChI=1S/C22H24N2O3S/c1-16-19-14-18(28(26)24-12-6-3-7-13-24)10-11-20(19)27-21(16)22(25)23-15-17-8-4-2-5-9-17/h2,4-5,8-11,14H,3,6-7,12-13,15H2,1H3,(H,23,25). The molecule has 6 heteroatoms. The molecule has 1 aromatic heterocycles. The zero-order chi connectivity index (χ0) is 19.5. The van der Waals surface area contributed by atoms with Crippen molar-refractivity contribution >= 4 is 27.9 Å².